The van der Waals surface area contributed by atoms with Crippen LogP contribution in [0.3, 0.4) is 0 Å². The van der Waals surface area contributed by atoms with Gasteiger partial charge in [-0.15, -0.1) is 0 Å². The van der Waals surface area contributed by atoms with Crippen molar-refractivity contribution in [2.45, 2.75) is 32.6 Å². The number of nitrogens with zero attached hydrogens (tertiary/aromatic N) is 2. The summed E-state index contributed by atoms with van der Waals surface area (Å²) in [6.45, 7) is 6.49. The van der Waals surface area contributed by atoms with Gasteiger partial charge in [0.15, 0.2) is 0 Å². The third-order valence-corrected chi connectivity index (χ3v) is 5.00. The Hall–Kier alpha value is -1.57. The minimum Gasteiger partial charge on any atom is -0.475 e. The lowest BCUT2D eigenvalue weighted by atomic mass is 9.97. The van der Waals surface area contributed by atoms with Crippen molar-refractivity contribution in [1.29, 1.82) is 0 Å². The van der Waals surface area contributed by atoms with Crippen molar-refractivity contribution in [2.75, 3.05) is 52.3 Å². The predicted molar refractivity (Wildman–Crippen MR) is 105 cm³/mol. The number of anilines is 1. The van der Waals surface area contributed by atoms with Gasteiger partial charge in [0.05, 0.1) is 18.2 Å². The molecule has 1 aromatic heterocycles. The van der Waals surface area contributed by atoms with E-state index in [1.54, 1.807) is 7.11 Å². The second-order valence-corrected chi connectivity index (χ2v) is 7.19. The fraction of sp³-hybridized carbons (Fsp3) is 0.684. The van der Waals surface area contributed by atoms with Crippen LogP contribution in [-0.4, -0.2) is 62.4 Å². The minimum atomic E-state index is -0.495. The summed E-state index contributed by atoms with van der Waals surface area (Å²) < 4.78 is 16.0. The van der Waals surface area contributed by atoms with E-state index in [9.17, 15) is 4.79 Å². The number of carbonyl (C=O) groups excluding carboxylic acids is 1. The van der Waals surface area contributed by atoms with Crippen LogP contribution in [0.2, 0.25) is 5.02 Å². The molecule has 1 aliphatic rings. The van der Waals surface area contributed by atoms with Crippen LogP contribution in [0.5, 0.6) is 5.88 Å². The highest BCUT2D eigenvalue weighted by Crippen LogP contribution is 2.26. The molecule has 1 aliphatic heterocycles. The van der Waals surface area contributed by atoms with Crippen molar-refractivity contribution in [1.82, 2.24) is 9.88 Å². The largest absolute Gasteiger partial charge is 0.475 e. The molecule has 7 nitrogen and oxygen atoms in total. The van der Waals surface area contributed by atoms with Crippen LogP contribution < -0.4 is 10.5 Å². The van der Waals surface area contributed by atoms with Crippen molar-refractivity contribution < 1.29 is 19.0 Å². The number of carbonyl (C=O) groups is 1. The Morgan fingerprint density at radius 2 is 2.11 bits per heavy atom. The standard InChI is InChI=1S/C19H30ClN3O4/c1-3-4-7-23-8-5-14(6-9-23)13-27-19(24)15-12-16(20)17(21)22-18(15)26-11-10-25-2/h12,14H,3-11,13H2,1-2H3,(H2,21,22). The molecule has 0 atom stereocenters. The maximum atomic E-state index is 12.5. The van der Waals surface area contributed by atoms with E-state index >= 15 is 0 Å². The van der Waals surface area contributed by atoms with Gasteiger partial charge in [0.25, 0.3) is 0 Å². The van der Waals surface area contributed by atoms with E-state index < -0.39 is 5.97 Å². The molecule has 2 N–H and O–H groups in total. The maximum Gasteiger partial charge on any atom is 0.343 e. The van der Waals surface area contributed by atoms with Crippen LogP contribution in [-0.2, 0) is 9.47 Å². The fourth-order valence-electron chi connectivity index (χ4n) is 2.99. The first-order valence-corrected chi connectivity index (χ1v) is 9.90. The molecule has 0 aliphatic carbocycles. The van der Waals surface area contributed by atoms with Gasteiger partial charge in [0.2, 0.25) is 5.88 Å². The first kappa shape index (κ1) is 21.7. The van der Waals surface area contributed by atoms with Crippen LogP contribution >= 0.6 is 11.6 Å². The number of hydrogen-bond acceptors (Lipinski definition) is 7. The molecule has 1 aromatic rings. The average molecular weight is 400 g/mol. The van der Waals surface area contributed by atoms with E-state index in [4.69, 9.17) is 31.5 Å². The third kappa shape index (κ3) is 6.83. The van der Waals surface area contributed by atoms with Crippen LogP contribution in [0.1, 0.15) is 43.0 Å². The molecule has 0 saturated carbocycles. The van der Waals surface area contributed by atoms with Gasteiger partial charge in [0, 0.05) is 7.11 Å². The SMILES string of the molecule is CCCCN1CCC(COC(=O)c2cc(Cl)c(N)nc2OCCOC)CC1. The number of hydrogen-bond donors (Lipinski definition) is 1. The molecule has 0 spiro atoms. The summed E-state index contributed by atoms with van der Waals surface area (Å²) >= 11 is 6.02. The Kier molecular flexibility index (Phi) is 9.10. The molecule has 0 aromatic carbocycles. The molecule has 0 amide bonds. The first-order chi connectivity index (χ1) is 13.0. The lowest BCUT2D eigenvalue weighted by molar-refractivity contribution is 0.0365. The Balaban J connectivity index is 1.89. The zero-order valence-electron chi connectivity index (χ0n) is 16.2. The number of halogens is 1. The Bertz CT molecular complexity index is 607. The van der Waals surface area contributed by atoms with Gasteiger partial charge in [-0.1, -0.05) is 24.9 Å². The topological polar surface area (TPSA) is 86.9 Å². The zero-order chi connectivity index (χ0) is 19.6. The van der Waals surface area contributed by atoms with Crippen molar-refractivity contribution >= 4 is 23.4 Å². The van der Waals surface area contributed by atoms with Gasteiger partial charge in [-0.25, -0.2) is 4.79 Å². The zero-order valence-corrected chi connectivity index (χ0v) is 17.0. The molecule has 27 heavy (non-hydrogen) atoms. The highest BCUT2D eigenvalue weighted by Gasteiger charge is 2.23. The number of esters is 1. The van der Waals surface area contributed by atoms with Gasteiger partial charge < -0.3 is 24.8 Å². The lowest BCUT2D eigenvalue weighted by Gasteiger charge is -2.31. The van der Waals surface area contributed by atoms with E-state index in [1.807, 2.05) is 0 Å². The number of rotatable bonds is 10. The van der Waals surface area contributed by atoms with Gasteiger partial charge in [-0.3, -0.25) is 0 Å². The van der Waals surface area contributed by atoms with E-state index in [2.05, 4.69) is 16.8 Å². The van der Waals surface area contributed by atoms with Crippen molar-refractivity contribution in [3.63, 3.8) is 0 Å². The lowest BCUT2D eigenvalue weighted by Crippen LogP contribution is -2.36. The highest BCUT2D eigenvalue weighted by atomic mass is 35.5. The number of piperidine rings is 1. The molecule has 1 saturated heterocycles. The number of methoxy groups -OCH3 is 1. The summed E-state index contributed by atoms with van der Waals surface area (Å²) in [7, 11) is 1.57. The Morgan fingerprint density at radius 1 is 1.37 bits per heavy atom. The summed E-state index contributed by atoms with van der Waals surface area (Å²) in [5, 5.41) is 0.199. The molecular weight excluding hydrogens is 370 g/mol. The summed E-state index contributed by atoms with van der Waals surface area (Å²) in [6.07, 6.45) is 4.52. The van der Waals surface area contributed by atoms with E-state index in [0.29, 0.717) is 19.1 Å². The van der Waals surface area contributed by atoms with Crippen LogP contribution in [0.15, 0.2) is 6.07 Å². The highest BCUT2D eigenvalue weighted by molar-refractivity contribution is 6.33. The maximum absolute atomic E-state index is 12.5. The average Bonchev–Trinajstić information content (AvgIpc) is 2.68. The van der Waals surface area contributed by atoms with Gasteiger partial charge in [-0.05, 0) is 50.9 Å². The summed E-state index contributed by atoms with van der Waals surface area (Å²) in [4.78, 5) is 19.1. The van der Waals surface area contributed by atoms with Crippen molar-refractivity contribution in [3.8, 4) is 5.88 Å². The van der Waals surface area contributed by atoms with Gasteiger partial charge >= 0.3 is 5.97 Å². The van der Waals surface area contributed by atoms with Crippen LogP contribution in [0.4, 0.5) is 5.82 Å². The summed E-state index contributed by atoms with van der Waals surface area (Å²) in [5.41, 5.74) is 5.91. The van der Waals surface area contributed by atoms with E-state index in [-0.39, 0.29) is 28.9 Å². The van der Waals surface area contributed by atoms with Gasteiger partial charge in [0.1, 0.15) is 18.0 Å². The molecule has 0 unspecified atom stereocenters. The minimum absolute atomic E-state index is 0.111. The van der Waals surface area contributed by atoms with Gasteiger partial charge in [-0.2, -0.15) is 4.98 Å². The first-order valence-electron chi connectivity index (χ1n) is 9.52. The summed E-state index contributed by atoms with van der Waals surface area (Å²) in [6, 6.07) is 1.45. The van der Waals surface area contributed by atoms with E-state index in [0.717, 1.165) is 32.5 Å². The molecule has 2 heterocycles. The molecular formula is C19H30ClN3O4. The fourth-order valence-corrected chi connectivity index (χ4v) is 3.14. The molecule has 1 fully saturated rings. The number of unbranched alkanes of at least 4 members (excludes halogenated alkanes) is 1. The van der Waals surface area contributed by atoms with E-state index in [1.165, 1.54) is 18.9 Å². The number of aromatic nitrogens is 1. The monoisotopic (exact) mass is 399 g/mol. The molecule has 0 bridgehead atoms. The van der Waals surface area contributed by atoms with Crippen LogP contribution in [0.25, 0.3) is 0 Å². The number of nitrogens with two attached hydrogens (primary N) is 1. The normalized spacial score (nSPS) is 15.7. The number of pyridine rings is 1. The smallest absolute Gasteiger partial charge is 0.343 e. The summed E-state index contributed by atoms with van der Waals surface area (Å²) in [5.74, 6) is 0.112. The quantitative estimate of drug-likeness (QED) is 0.478. The second kappa shape index (κ2) is 11.3. The second-order valence-electron chi connectivity index (χ2n) is 6.79. The predicted octanol–water partition coefficient (Wildman–Crippen LogP) is 3.01. The molecule has 152 valence electrons. The molecule has 2 rings (SSSR count). The molecule has 0 radical (unpaired) electrons. The number of nitrogen functional groups attached to an aromatic ring is 1. The van der Waals surface area contributed by atoms with Crippen molar-refractivity contribution in [3.05, 3.63) is 16.7 Å². The molecule has 8 heteroatoms. The van der Waals surface area contributed by atoms with Crippen LogP contribution in [0, 0.1) is 5.92 Å². The third-order valence-electron chi connectivity index (χ3n) is 4.70. The number of likely N-dealkylation sites (tertiary alicyclic amines) is 1. The number of ether oxygens (including phenoxy) is 3. The van der Waals surface area contributed by atoms with Crippen molar-refractivity contribution in [2.24, 2.45) is 5.92 Å². The Morgan fingerprint density at radius 3 is 2.78 bits per heavy atom. The Labute approximate surface area is 166 Å².